The number of hydrogen-bond acceptors (Lipinski definition) is 4. The van der Waals surface area contributed by atoms with E-state index in [2.05, 4.69) is 10.6 Å². The molecule has 2 rings (SSSR count). The zero-order chi connectivity index (χ0) is 18.1. The molecule has 6 nitrogen and oxygen atoms in total. The Hall–Kier alpha value is -2.11. The Morgan fingerprint density at radius 2 is 1.60 bits per heavy atom. The predicted octanol–water partition coefficient (Wildman–Crippen LogP) is 3.28. The Kier molecular flexibility index (Phi) is 7.70. The maximum absolute atomic E-state index is 12.1. The van der Waals surface area contributed by atoms with Crippen LogP contribution in [0.1, 0.15) is 44.1 Å². The number of rotatable bonds is 7. The summed E-state index contributed by atoms with van der Waals surface area (Å²) >= 11 is 0. The lowest BCUT2D eigenvalue weighted by atomic mass is 10.1. The number of carbonyl (C=O) groups excluding carboxylic acids is 1. The van der Waals surface area contributed by atoms with Gasteiger partial charge in [0.1, 0.15) is 0 Å². The van der Waals surface area contributed by atoms with Gasteiger partial charge in [-0.15, -0.1) is 0 Å². The monoisotopic (exact) mass is 350 g/mol. The van der Waals surface area contributed by atoms with Gasteiger partial charge in [0.25, 0.3) is 0 Å². The molecule has 1 saturated carbocycles. The van der Waals surface area contributed by atoms with Crippen LogP contribution >= 0.6 is 0 Å². The average Bonchev–Trinajstić information content (AvgIpc) is 2.89. The van der Waals surface area contributed by atoms with Crippen LogP contribution < -0.4 is 24.8 Å². The minimum Gasteiger partial charge on any atom is -0.493 e. The van der Waals surface area contributed by atoms with Crippen molar-refractivity contribution in [1.82, 2.24) is 10.6 Å². The maximum Gasteiger partial charge on any atom is 0.315 e. The van der Waals surface area contributed by atoms with Crippen molar-refractivity contribution < 1.29 is 19.0 Å². The second-order valence-corrected chi connectivity index (χ2v) is 6.37. The highest BCUT2D eigenvalue weighted by Gasteiger charge is 2.15. The Morgan fingerprint density at radius 3 is 2.12 bits per heavy atom. The third kappa shape index (κ3) is 5.73. The fourth-order valence-corrected chi connectivity index (χ4v) is 3.26. The molecule has 140 valence electrons. The largest absolute Gasteiger partial charge is 0.493 e. The second kappa shape index (κ2) is 10.0. The van der Waals surface area contributed by atoms with Crippen LogP contribution in [0.25, 0.3) is 0 Å². The minimum absolute atomic E-state index is 0.0839. The number of urea groups is 1. The van der Waals surface area contributed by atoms with Crippen LogP contribution in [0.5, 0.6) is 17.2 Å². The molecule has 2 amide bonds. The summed E-state index contributed by atoms with van der Waals surface area (Å²) in [6.07, 6.45) is 7.82. The highest BCUT2D eigenvalue weighted by Crippen LogP contribution is 2.38. The molecule has 0 bridgehead atoms. The van der Waals surface area contributed by atoms with Crippen LogP contribution in [0, 0.1) is 0 Å². The molecular weight excluding hydrogens is 320 g/mol. The highest BCUT2D eigenvalue weighted by atomic mass is 16.5. The van der Waals surface area contributed by atoms with Crippen LogP contribution in [0.3, 0.4) is 0 Å². The summed E-state index contributed by atoms with van der Waals surface area (Å²) in [6.45, 7) is 0.553. The summed E-state index contributed by atoms with van der Waals surface area (Å²) < 4.78 is 16.0. The van der Waals surface area contributed by atoms with Gasteiger partial charge in [-0.25, -0.2) is 4.79 Å². The Balaban J connectivity index is 1.85. The van der Waals surface area contributed by atoms with E-state index in [0.717, 1.165) is 18.4 Å². The molecule has 0 aliphatic heterocycles. The Bertz CT molecular complexity index is 529. The van der Waals surface area contributed by atoms with Crippen LogP contribution in [0.15, 0.2) is 12.1 Å². The molecule has 2 N–H and O–H groups in total. The SMILES string of the molecule is COc1cc(CCNC(=O)NC2CCCCCC2)cc(OC)c1OC. The van der Waals surface area contributed by atoms with Crippen molar-refractivity contribution in [2.24, 2.45) is 0 Å². The Morgan fingerprint density at radius 1 is 1.00 bits per heavy atom. The second-order valence-electron chi connectivity index (χ2n) is 6.37. The summed E-state index contributed by atoms with van der Waals surface area (Å²) in [5.41, 5.74) is 1.02. The van der Waals surface area contributed by atoms with E-state index >= 15 is 0 Å². The quantitative estimate of drug-likeness (QED) is 0.741. The summed E-state index contributed by atoms with van der Waals surface area (Å²) in [5, 5.41) is 6.03. The molecule has 0 atom stereocenters. The van der Waals surface area contributed by atoms with Crippen LogP contribution in [0.4, 0.5) is 4.79 Å². The van der Waals surface area contributed by atoms with Crippen molar-refractivity contribution >= 4 is 6.03 Å². The fourth-order valence-electron chi connectivity index (χ4n) is 3.26. The summed E-state index contributed by atoms with van der Waals surface area (Å²) in [7, 11) is 4.78. The molecule has 1 aliphatic rings. The van der Waals surface area contributed by atoms with Crippen LogP contribution in [-0.2, 0) is 6.42 Å². The molecule has 1 fully saturated rings. The van der Waals surface area contributed by atoms with E-state index in [4.69, 9.17) is 14.2 Å². The van der Waals surface area contributed by atoms with E-state index in [1.54, 1.807) is 21.3 Å². The molecular formula is C19H30N2O4. The number of carbonyl (C=O) groups is 1. The van der Waals surface area contributed by atoms with E-state index in [-0.39, 0.29) is 6.03 Å². The zero-order valence-corrected chi connectivity index (χ0v) is 15.5. The lowest BCUT2D eigenvalue weighted by Gasteiger charge is -2.17. The van der Waals surface area contributed by atoms with Gasteiger partial charge in [-0.05, 0) is 37.0 Å². The first-order valence-corrected chi connectivity index (χ1v) is 9.01. The van der Waals surface area contributed by atoms with Gasteiger partial charge in [0, 0.05) is 12.6 Å². The van der Waals surface area contributed by atoms with Gasteiger partial charge < -0.3 is 24.8 Å². The van der Waals surface area contributed by atoms with Crippen molar-refractivity contribution in [3.63, 3.8) is 0 Å². The van der Waals surface area contributed by atoms with Gasteiger partial charge in [-0.1, -0.05) is 25.7 Å². The first-order valence-electron chi connectivity index (χ1n) is 9.01. The predicted molar refractivity (Wildman–Crippen MR) is 97.8 cm³/mol. The van der Waals surface area contributed by atoms with Gasteiger partial charge in [-0.2, -0.15) is 0 Å². The highest BCUT2D eigenvalue weighted by molar-refractivity contribution is 5.74. The zero-order valence-electron chi connectivity index (χ0n) is 15.5. The molecule has 0 radical (unpaired) electrons. The number of nitrogens with one attached hydrogen (secondary N) is 2. The molecule has 25 heavy (non-hydrogen) atoms. The van der Waals surface area contributed by atoms with Gasteiger partial charge in [0.15, 0.2) is 11.5 Å². The third-order valence-corrected chi connectivity index (χ3v) is 4.61. The number of amides is 2. The van der Waals surface area contributed by atoms with E-state index in [9.17, 15) is 4.79 Å². The topological polar surface area (TPSA) is 68.8 Å². The summed E-state index contributed by atoms with van der Waals surface area (Å²) in [6, 6.07) is 4.04. The fraction of sp³-hybridized carbons (Fsp3) is 0.632. The molecule has 1 aliphatic carbocycles. The first kappa shape index (κ1) is 19.2. The summed E-state index contributed by atoms with van der Waals surface area (Å²) in [5.74, 6) is 1.83. The van der Waals surface area contributed by atoms with E-state index in [1.165, 1.54) is 25.7 Å². The molecule has 0 saturated heterocycles. The van der Waals surface area contributed by atoms with Crippen molar-refractivity contribution in [2.75, 3.05) is 27.9 Å². The van der Waals surface area contributed by atoms with Crippen molar-refractivity contribution in [3.8, 4) is 17.2 Å². The average molecular weight is 350 g/mol. The molecule has 1 aromatic carbocycles. The number of methoxy groups -OCH3 is 3. The molecule has 0 spiro atoms. The van der Waals surface area contributed by atoms with Crippen molar-refractivity contribution in [2.45, 2.75) is 51.0 Å². The van der Waals surface area contributed by atoms with Gasteiger partial charge in [0.05, 0.1) is 21.3 Å². The molecule has 1 aromatic rings. The van der Waals surface area contributed by atoms with Crippen molar-refractivity contribution in [3.05, 3.63) is 17.7 Å². The van der Waals surface area contributed by atoms with Gasteiger partial charge >= 0.3 is 6.03 Å². The molecule has 0 unspecified atom stereocenters. The lowest BCUT2D eigenvalue weighted by molar-refractivity contribution is 0.235. The maximum atomic E-state index is 12.1. The lowest BCUT2D eigenvalue weighted by Crippen LogP contribution is -2.42. The molecule has 0 aromatic heterocycles. The Labute approximate surface area is 150 Å². The van der Waals surface area contributed by atoms with Gasteiger partial charge in [0.2, 0.25) is 5.75 Å². The van der Waals surface area contributed by atoms with Crippen molar-refractivity contribution in [1.29, 1.82) is 0 Å². The van der Waals surface area contributed by atoms with E-state index in [1.807, 2.05) is 12.1 Å². The standard InChI is InChI=1S/C19H30N2O4/c1-23-16-12-14(13-17(24-2)18(16)25-3)10-11-20-19(22)21-15-8-6-4-5-7-9-15/h12-13,15H,4-11H2,1-3H3,(H2,20,21,22). The molecule has 0 heterocycles. The smallest absolute Gasteiger partial charge is 0.315 e. The van der Waals surface area contributed by atoms with Crippen LogP contribution in [0.2, 0.25) is 0 Å². The van der Waals surface area contributed by atoms with E-state index < -0.39 is 0 Å². The third-order valence-electron chi connectivity index (χ3n) is 4.61. The van der Waals surface area contributed by atoms with Crippen LogP contribution in [-0.4, -0.2) is 39.9 Å². The molecule has 6 heteroatoms. The number of ether oxygens (including phenoxy) is 3. The minimum atomic E-state index is -0.0839. The first-order chi connectivity index (χ1) is 12.2. The summed E-state index contributed by atoms with van der Waals surface area (Å²) in [4.78, 5) is 12.1. The van der Waals surface area contributed by atoms with Gasteiger partial charge in [-0.3, -0.25) is 0 Å². The number of hydrogen-bond donors (Lipinski definition) is 2. The normalized spacial score (nSPS) is 15.2. The number of benzene rings is 1. The van der Waals surface area contributed by atoms with E-state index in [0.29, 0.717) is 36.3 Å².